The molecule has 0 amide bonds. The SMILES string of the molecule is C=C[C@H]1OC2(CCCC3=Cc4c(cnn4-c4ccc(F)cc4)C[C@@]32Cc2ccccc2)O[C@@H]1C. The lowest BCUT2D eigenvalue weighted by molar-refractivity contribution is -0.250. The molecule has 1 saturated carbocycles. The Kier molecular flexibility index (Phi) is 5.08. The minimum Gasteiger partial charge on any atom is -0.343 e. The minimum atomic E-state index is -0.707. The van der Waals surface area contributed by atoms with E-state index in [1.165, 1.54) is 23.3 Å². The zero-order valence-electron chi connectivity index (χ0n) is 19.4. The number of hydrogen-bond acceptors (Lipinski definition) is 3. The molecule has 2 aromatic carbocycles. The summed E-state index contributed by atoms with van der Waals surface area (Å²) in [4.78, 5) is 0. The quantitative estimate of drug-likeness (QED) is 0.449. The summed E-state index contributed by atoms with van der Waals surface area (Å²) in [5, 5.41) is 4.71. The Balaban J connectivity index is 1.49. The van der Waals surface area contributed by atoms with Crippen LogP contribution in [-0.4, -0.2) is 27.8 Å². The van der Waals surface area contributed by atoms with E-state index in [2.05, 4.69) is 49.9 Å². The van der Waals surface area contributed by atoms with Gasteiger partial charge >= 0.3 is 0 Å². The summed E-state index contributed by atoms with van der Waals surface area (Å²) in [5.41, 5.74) is 5.36. The van der Waals surface area contributed by atoms with Gasteiger partial charge in [0.15, 0.2) is 5.79 Å². The molecule has 1 aliphatic heterocycles. The molecular formula is C29H29FN2O2. The zero-order chi connectivity index (χ0) is 23.3. The number of fused-ring (bicyclic) bond motifs is 3. The van der Waals surface area contributed by atoms with Crippen LogP contribution in [0.15, 0.2) is 79.0 Å². The van der Waals surface area contributed by atoms with E-state index in [4.69, 9.17) is 14.6 Å². The van der Waals surface area contributed by atoms with Crippen molar-refractivity contribution in [2.24, 2.45) is 5.41 Å². The van der Waals surface area contributed by atoms with Crippen LogP contribution in [0.25, 0.3) is 11.8 Å². The van der Waals surface area contributed by atoms with E-state index in [1.807, 2.05) is 17.0 Å². The lowest BCUT2D eigenvalue weighted by Crippen LogP contribution is -2.56. The van der Waals surface area contributed by atoms with Crippen LogP contribution in [-0.2, 0) is 22.3 Å². The molecule has 4 nitrogen and oxygen atoms in total. The topological polar surface area (TPSA) is 36.3 Å². The van der Waals surface area contributed by atoms with Gasteiger partial charge in [0.2, 0.25) is 0 Å². The summed E-state index contributed by atoms with van der Waals surface area (Å²) in [5.74, 6) is -0.957. The lowest BCUT2D eigenvalue weighted by atomic mass is 9.58. The predicted molar refractivity (Wildman–Crippen MR) is 130 cm³/mol. The summed E-state index contributed by atoms with van der Waals surface area (Å²) in [6.07, 6.45) is 10.4. The van der Waals surface area contributed by atoms with Crippen LogP contribution in [0.1, 0.15) is 43.0 Å². The molecule has 3 aromatic rings. The first-order valence-electron chi connectivity index (χ1n) is 12.1. The van der Waals surface area contributed by atoms with Gasteiger partial charge in [0.05, 0.1) is 29.1 Å². The molecule has 1 saturated heterocycles. The van der Waals surface area contributed by atoms with Crippen LogP contribution in [0.5, 0.6) is 0 Å². The second-order valence-electron chi connectivity index (χ2n) is 9.78. The highest BCUT2D eigenvalue weighted by Crippen LogP contribution is 2.59. The Morgan fingerprint density at radius 2 is 1.94 bits per heavy atom. The molecule has 2 heterocycles. The Bertz CT molecular complexity index is 1250. The van der Waals surface area contributed by atoms with Crippen molar-refractivity contribution in [2.45, 2.75) is 57.0 Å². The standard InChI is InChI=1S/C29H29FN2O2/c1-3-27-20(2)33-29(34-27)15-7-10-23-16-26-22(18-28(23,29)17-21-8-5-4-6-9-21)19-31-32(26)25-13-11-24(30)12-14-25/h3-6,8-9,11-14,16,19-20,27H,1,7,10,15,17-18H2,2H3/t20-,27-,28+,29?/m1/s1. The third-order valence-electron chi connectivity index (χ3n) is 7.80. The fraction of sp³-hybridized carbons (Fsp3) is 0.345. The molecule has 5 heteroatoms. The zero-order valence-corrected chi connectivity index (χ0v) is 19.4. The molecule has 1 unspecified atom stereocenters. The lowest BCUT2D eigenvalue weighted by Gasteiger charge is -2.53. The van der Waals surface area contributed by atoms with E-state index >= 15 is 0 Å². The van der Waals surface area contributed by atoms with Crippen LogP contribution in [0.2, 0.25) is 0 Å². The highest BCUT2D eigenvalue weighted by Gasteiger charge is 2.63. The van der Waals surface area contributed by atoms with E-state index in [9.17, 15) is 4.39 Å². The van der Waals surface area contributed by atoms with Crippen molar-refractivity contribution < 1.29 is 13.9 Å². The number of halogens is 1. The van der Waals surface area contributed by atoms with Crippen molar-refractivity contribution in [1.29, 1.82) is 0 Å². The smallest absolute Gasteiger partial charge is 0.179 e. The molecule has 6 rings (SSSR count). The normalized spacial score (nSPS) is 30.0. The van der Waals surface area contributed by atoms with Gasteiger partial charge < -0.3 is 9.47 Å². The fourth-order valence-electron chi connectivity index (χ4n) is 6.20. The van der Waals surface area contributed by atoms with E-state index in [1.54, 1.807) is 12.1 Å². The number of benzene rings is 2. The van der Waals surface area contributed by atoms with Gasteiger partial charge in [-0.2, -0.15) is 5.10 Å². The first kappa shape index (κ1) is 21.5. The minimum absolute atomic E-state index is 0.0483. The molecule has 1 aromatic heterocycles. The van der Waals surface area contributed by atoms with Gasteiger partial charge in [-0.05, 0) is 74.1 Å². The third kappa shape index (κ3) is 3.22. The average Bonchev–Trinajstić information content (AvgIpc) is 3.40. The van der Waals surface area contributed by atoms with Gasteiger partial charge in [-0.1, -0.05) is 42.0 Å². The van der Waals surface area contributed by atoms with E-state index in [0.29, 0.717) is 0 Å². The van der Waals surface area contributed by atoms with Crippen molar-refractivity contribution in [1.82, 2.24) is 9.78 Å². The molecule has 2 aliphatic carbocycles. The predicted octanol–water partition coefficient (Wildman–Crippen LogP) is 6.05. The van der Waals surface area contributed by atoms with Crippen molar-refractivity contribution in [2.75, 3.05) is 0 Å². The third-order valence-corrected chi connectivity index (χ3v) is 7.80. The van der Waals surface area contributed by atoms with Crippen LogP contribution >= 0.6 is 0 Å². The van der Waals surface area contributed by atoms with Gasteiger partial charge in [0, 0.05) is 6.42 Å². The first-order valence-corrected chi connectivity index (χ1v) is 12.1. The maximum atomic E-state index is 13.5. The molecular weight excluding hydrogens is 427 g/mol. The Labute approximate surface area is 199 Å². The van der Waals surface area contributed by atoms with Crippen LogP contribution < -0.4 is 0 Å². The number of ether oxygens (including phenoxy) is 2. The molecule has 1 spiro atoms. The molecule has 0 radical (unpaired) electrons. The van der Waals surface area contributed by atoms with Crippen LogP contribution in [0.4, 0.5) is 4.39 Å². The molecule has 2 fully saturated rings. The molecule has 0 N–H and O–H groups in total. The Hall–Kier alpha value is -3.02. The molecule has 4 atom stereocenters. The highest BCUT2D eigenvalue weighted by atomic mass is 19.1. The molecule has 0 bridgehead atoms. The summed E-state index contributed by atoms with van der Waals surface area (Å²) >= 11 is 0. The average molecular weight is 457 g/mol. The van der Waals surface area contributed by atoms with E-state index in [-0.39, 0.29) is 23.4 Å². The van der Waals surface area contributed by atoms with Crippen LogP contribution in [0, 0.1) is 11.2 Å². The van der Waals surface area contributed by atoms with E-state index in [0.717, 1.165) is 49.0 Å². The summed E-state index contributed by atoms with van der Waals surface area (Å²) < 4.78 is 29.0. The van der Waals surface area contributed by atoms with Gasteiger partial charge in [-0.15, -0.1) is 6.58 Å². The van der Waals surface area contributed by atoms with Gasteiger partial charge in [0.1, 0.15) is 11.9 Å². The number of aromatic nitrogens is 2. The Morgan fingerprint density at radius 1 is 1.15 bits per heavy atom. The van der Waals surface area contributed by atoms with Crippen molar-refractivity contribution in [3.05, 3.63) is 102 Å². The van der Waals surface area contributed by atoms with Crippen molar-refractivity contribution in [3.8, 4) is 5.69 Å². The summed E-state index contributed by atoms with van der Waals surface area (Å²) in [6, 6.07) is 17.1. The van der Waals surface area contributed by atoms with Gasteiger partial charge in [0.25, 0.3) is 0 Å². The highest BCUT2D eigenvalue weighted by molar-refractivity contribution is 5.62. The maximum absolute atomic E-state index is 13.5. The summed E-state index contributed by atoms with van der Waals surface area (Å²) in [7, 11) is 0. The van der Waals surface area contributed by atoms with E-state index < -0.39 is 5.79 Å². The maximum Gasteiger partial charge on any atom is 0.179 e. The van der Waals surface area contributed by atoms with Gasteiger partial charge in [-0.3, -0.25) is 0 Å². The van der Waals surface area contributed by atoms with Crippen molar-refractivity contribution >= 4 is 6.08 Å². The first-order chi connectivity index (χ1) is 16.5. The molecule has 3 aliphatic rings. The summed E-state index contributed by atoms with van der Waals surface area (Å²) in [6.45, 7) is 6.08. The number of nitrogens with zero attached hydrogens (tertiary/aromatic N) is 2. The van der Waals surface area contributed by atoms with Crippen molar-refractivity contribution in [3.63, 3.8) is 0 Å². The second-order valence-corrected chi connectivity index (χ2v) is 9.78. The fourth-order valence-corrected chi connectivity index (χ4v) is 6.20. The molecule has 34 heavy (non-hydrogen) atoms. The number of rotatable bonds is 4. The second kappa shape index (κ2) is 8.03. The van der Waals surface area contributed by atoms with Crippen LogP contribution in [0.3, 0.4) is 0 Å². The monoisotopic (exact) mass is 456 g/mol. The largest absolute Gasteiger partial charge is 0.343 e. The van der Waals surface area contributed by atoms with Gasteiger partial charge in [-0.25, -0.2) is 9.07 Å². The Morgan fingerprint density at radius 3 is 2.68 bits per heavy atom. The number of hydrogen-bond donors (Lipinski definition) is 0. The molecule has 174 valence electrons.